The summed E-state index contributed by atoms with van der Waals surface area (Å²) in [5.41, 5.74) is 9.33. The molecule has 0 aliphatic heterocycles. The highest BCUT2D eigenvalue weighted by Crippen LogP contribution is 2.42. The Balaban J connectivity index is 1.24. The van der Waals surface area contributed by atoms with E-state index in [1.807, 2.05) is 18.3 Å². The average Bonchev–Trinajstić information content (AvgIpc) is 3.74. The second-order valence-electron chi connectivity index (χ2n) is 12.3. The lowest BCUT2D eigenvalue weighted by atomic mass is 10.0. The molecule has 0 bridgehead atoms. The number of thiophene rings is 1. The molecule has 6 aromatic carbocycles. The molecule has 4 aromatic heterocycles. The van der Waals surface area contributed by atoms with Crippen LogP contribution in [0.3, 0.4) is 0 Å². The van der Waals surface area contributed by atoms with Gasteiger partial charge in [-0.15, -0.1) is 11.3 Å². The Morgan fingerprint density at radius 3 is 1.64 bits per heavy atom. The van der Waals surface area contributed by atoms with Crippen molar-refractivity contribution in [1.82, 2.24) is 24.5 Å². The third-order valence-corrected chi connectivity index (χ3v) is 10.5. The monoisotopic (exact) mass is 657 g/mol. The summed E-state index contributed by atoms with van der Waals surface area (Å²) in [5.74, 6) is 1.76. The second-order valence-corrected chi connectivity index (χ2v) is 13.4. The number of aromatic nitrogens is 5. The normalized spacial score (nSPS) is 11.6. The molecular formula is C44H27N5S. The second kappa shape index (κ2) is 11.6. The van der Waals surface area contributed by atoms with Crippen LogP contribution in [0, 0.1) is 0 Å². The van der Waals surface area contributed by atoms with E-state index in [0.29, 0.717) is 17.6 Å². The molecule has 0 aliphatic rings. The van der Waals surface area contributed by atoms with E-state index in [0.717, 1.165) is 60.7 Å². The number of rotatable bonds is 5. The Hall–Kier alpha value is -6.50. The van der Waals surface area contributed by atoms with Crippen LogP contribution in [-0.4, -0.2) is 24.5 Å². The molecule has 0 spiro atoms. The van der Waals surface area contributed by atoms with Crippen molar-refractivity contribution in [3.63, 3.8) is 0 Å². The van der Waals surface area contributed by atoms with Gasteiger partial charge in [0.25, 0.3) is 0 Å². The topological polar surface area (TPSA) is 56.5 Å². The van der Waals surface area contributed by atoms with Gasteiger partial charge in [-0.25, -0.2) is 4.98 Å². The van der Waals surface area contributed by atoms with E-state index in [1.54, 1.807) is 11.3 Å². The van der Waals surface area contributed by atoms with E-state index in [2.05, 4.69) is 150 Å². The van der Waals surface area contributed by atoms with Gasteiger partial charge in [-0.05, 0) is 46.5 Å². The van der Waals surface area contributed by atoms with E-state index in [-0.39, 0.29) is 0 Å². The number of hydrogen-bond acceptors (Lipinski definition) is 5. The highest BCUT2D eigenvalue weighted by Gasteiger charge is 2.21. The maximum Gasteiger partial charge on any atom is 0.238 e. The first-order valence-electron chi connectivity index (χ1n) is 16.6. The van der Waals surface area contributed by atoms with Crippen molar-refractivity contribution >= 4 is 53.4 Å². The molecule has 4 heterocycles. The molecule has 234 valence electrons. The first kappa shape index (κ1) is 28.5. The highest BCUT2D eigenvalue weighted by atomic mass is 32.1. The summed E-state index contributed by atoms with van der Waals surface area (Å²) in [6, 6.07) is 54.7. The molecule has 10 aromatic rings. The summed E-state index contributed by atoms with van der Waals surface area (Å²) in [7, 11) is 0. The third-order valence-electron chi connectivity index (χ3n) is 9.30. The molecule has 5 nitrogen and oxygen atoms in total. The van der Waals surface area contributed by atoms with Gasteiger partial charge < -0.3 is 0 Å². The molecule has 0 atom stereocenters. The minimum atomic E-state index is 0.550. The minimum absolute atomic E-state index is 0.550. The summed E-state index contributed by atoms with van der Waals surface area (Å²) in [4.78, 5) is 20.6. The predicted octanol–water partition coefficient (Wildman–Crippen LogP) is 11.4. The Bertz CT molecular complexity index is 2770. The average molecular weight is 658 g/mol. The van der Waals surface area contributed by atoms with Crippen molar-refractivity contribution in [2.45, 2.75) is 0 Å². The van der Waals surface area contributed by atoms with Gasteiger partial charge in [0.1, 0.15) is 0 Å². The zero-order valence-electron chi connectivity index (χ0n) is 26.7. The minimum Gasteiger partial charge on any atom is -0.276 e. The molecule has 0 N–H and O–H groups in total. The Labute approximate surface area is 291 Å². The van der Waals surface area contributed by atoms with Crippen LogP contribution in [0.1, 0.15) is 0 Å². The van der Waals surface area contributed by atoms with Crippen LogP contribution in [0.25, 0.3) is 93.1 Å². The Morgan fingerprint density at radius 1 is 0.440 bits per heavy atom. The van der Waals surface area contributed by atoms with E-state index < -0.39 is 0 Å². The number of pyridine rings is 1. The smallest absolute Gasteiger partial charge is 0.238 e. The van der Waals surface area contributed by atoms with E-state index in [4.69, 9.17) is 19.9 Å². The van der Waals surface area contributed by atoms with Crippen LogP contribution in [0.2, 0.25) is 0 Å². The fourth-order valence-electron chi connectivity index (χ4n) is 6.95. The van der Waals surface area contributed by atoms with Crippen molar-refractivity contribution in [2.24, 2.45) is 0 Å². The first-order chi connectivity index (χ1) is 24.8. The number of fused-ring (bicyclic) bond motifs is 7. The fourth-order valence-corrected chi connectivity index (χ4v) is 8.17. The largest absolute Gasteiger partial charge is 0.276 e. The third kappa shape index (κ3) is 4.69. The lowest BCUT2D eigenvalue weighted by Crippen LogP contribution is -2.06. The molecule has 0 aliphatic carbocycles. The van der Waals surface area contributed by atoms with Crippen LogP contribution in [0.5, 0.6) is 0 Å². The lowest BCUT2D eigenvalue weighted by Gasteiger charge is -2.12. The van der Waals surface area contributed by atoms with Crippen molar-refractivity contribution in [3.8, 4) is 51.0 Å². The Morgan fingerprint density at radius 2 is 0.980 bits per heavy atom. The lowest BCUT2D eigenvalue weighted by molar-refractivity contribution is 0.952. The quantitative estimate of drug-likeness (QED) is 0.185. The summed E-state index contributed by atoms with van der Waals surface area (Å²) >= 11 is 1.78. The maximum absolute atomic E-state index is 5.23. The van der Waals surface area contributed by atoms with Crippen LogP contribution in [-0.2, 0) is 0 Å². The van der Waals surface area contributed by atoms with Gasteiger partial charge in [0.05, 0.1) is 27.4 Å². The molecular weight excluding hydrogens is 631 g/mol. The zero-order valence-corrected chi connectivity index (χ0v) is 27.5. The molecule has 0 saturated heterocycles. The van der Waals surface area contributed by atoms with Crippen LogP contribution < -0.4 is 0 Å². The molecule has 0 fully saturated rings. The molecule has 0 radical (unpaired) electrons. The molecule has 0 amide bonds. The van der Waals surface area contributed by atoms with E-state index in [1.165, 1.54) is 14.8 Å². The van der Waals surface area contributed by atoms with Crippen LogP contribution >= 0.6 is 11.3 Å². The number of nitrogens with zero attached hydrogens (tertiary/aromatic N) is 5. The SMILES string of the molecule is c1ccc(-c2cccc(-c3nc(-c4cccc(-c5ccccc5)c4)nc(-n4c5ccccc5c5c6sc7ccccc7c6ncc54)n3)c2)cc1. The fraction of sp³-hybridized carbons (Fsp3) is 0. The Kier molecular flexibility index (Phi) is 6.60. The standard InChI is InChI=1S/C44H27N5S/c1-3-13-28(14-4-1)30-17-11-19-32(25-30)42-46-43(33-20-12-18-31(26-33)29-15-5-2-6-16-29)48-44(47-42)49-36-23-9-7-21-34(36)39-37(49)27-45-40-35-22-8-10-24-38(35)50-41(39)40/h1-27H. The molecule has 50 heavy (non-hydrogen) atoms. The van der Waals surface area contributed by atoms with Gasteiger partial charge in [0.2, 0.25) is 5.95 Å². The van der Waals surface area contributed by atoms with Crippen molar-refractivity contribution in [3.05, 3.63) is 164 Å². The van der Waals surface area contributed by atoms with Crippen molar-refractivity contribution in [2.75, 3.05) is 0 Å². The van der Waals surface area contributed by atoms with Crippen molar-refractivity contribution in [1.29, 1.82) is 0 Å². The van der Waals surface area contributed by atoms with Gasteiger partial charge >= 0.3 is 0 Å². The summed E-state index contributed by atoms with van der Waals surface area (Å²) in [5, 5.41) is 3.47. The van der Waals surface area contributed by atoms with Gasteiger partial charge in [0.15, 0.2) is 11.6 Å². The highest BCUT2D eigenvalue weighted by molar-refractivity contribution is 7.26. The van der Waals surface area contributed by atoms with Crippen LogP contribution in [0.15, 0.2) is 164 Å². The van der Waals surface area contributed by atoms with Gasteiger partial charge in [-0.2, -0.15) is 9.97 Å². The summed E-state index contributed by atoms with van der Waals surface area (Å²) in [6.45, 7) is 0. The summed E-state index contributed by atoms with van der Waals surface area (Å²) in [6.07, 6.45) is 1.98. The molecule has 6 heteroatoms. The maximum atomic E-state index is 5.23. The number of benzene rings is 6. The van der Waals surface area contributed by atoms with Gasteiger partial charge in [-0.3, -0.25) is 9.55 Å². The van der Waals surface area contributed by atoms with E-state index >= 15 is 0 Å². The predicted molar refractivity (Wildman–Crippen MR) is 207 cm³/mol. The van der Waals surface area contributed by atoms with E-state index in [9.17, 15) is 0 Å². The van der Waals surface area contributed by atoms with Gasteiger partial charge in [0, 0.05) is 32.0 Å². The van der Waals surface area contributed by atoms with Gasteiger partial charge in [-0.1, -0.05) is 133 Å². The molecule has 0 unspecified atom stereocenters. The summed E-state index contributed by atoms with van der Waals surface area (Å²) < 4.78 is 4.54. The molecule has 0 saturated carbocycles. The zero-order chi connectivity index (χ0) is 33.0. The first-order valence-corrected chi connectivity index (χ1v) is 17.4. The number of hydrogen-bond donors (Lipinski definition) is 0. The van der Waals surface area contributed by atoms with Crippen molar-refractivity contribution < 1.29 is 0 Å². The number of para-hydroxylation sites is 1. The molecule has 10 rings (SSSR count). The van der Waals surface area contributed by atoms with Crippen LogP contribution in [0.4, 0.5) is 0 Å².